The van der Waals surface area contributed by atoms with Gasteiger partial charge in [-0.05, 0) is 49.4 Å². The van der Waals surface area contributed by atoms with Gasteiger partial charge in [0.05, 0.1) is 0 Å². The maximum absolute atomic E-state index is 2.72. The summed E-state index contributed by atoms with van der Waals surface area (Å²) >= 11 is 4.12. The zero-order valence-electron chi connectivity index (χ0n) is 12.7. The third-order valence-corrected chi connectivity index (χ3v) is 7.69. The number of thioether (sulfide) groups is 2. The highest BCUT2D eigenvalue weighted by Crippen LogP contribution is 2.56. The average molecular weight is 328 g/mol. The molecule has 2 bridgehead atoms. The molecule has 0 aromatic heterocycles. The average Bonchev–Trinajstić information content (AvgIpc) is 2.57. The predicted molar refractivity (Wildman–Crippen MR) is 96.2 cm³/mol. The highest BCUT2D eigenvalue weighted by atomic mass is 32.2. The topological polar surface area (TPSA) is 3.24 Å². The molecule has 3 fully saturated rings. The van der Waals surface area contributed by atoms with Crippen molar-refractivity contribution in [3.8, 4) is 0 Å². The van der Waals surface area contributed by atoms with Crippen molar-refractivity contribution in [3.05, 3.63) is 60.7 Å². The van der Waals surface area contributed by atoms with Crippen LogP contribution in [0.25, 0.3) is 0 Å². The summed E-state index contributed by atoms with van der Waals surface area (Å²) in [5.41, 5.74) is 0. The summed E-state index contributed by atoms with van der Waals surface area (Å²) in [7, 11) is 0. The van der Waals surface area contributed by atoms with Crippen LogP contribution in [0.1, 0.15) is 19.3 Å². The van der Waals surface area contributed by atoms with E-state index >= 15 is 0 Å². The monoisotopic (exact) mass is 327 g/mol. The summed E-state index contributed by atoms with van der Waals surface area (Å²) in [4.78, 5) is 5.50. The van der Waals surface area contributed by atoms with Gasteiger partial charge in [0.25, 0.3) is 0 Å². The normalized spacial score (nSPS) is 26.0. The Kier molecular flexibility index (Phi) is 4.21. The van der Waals surface area contributed by atoms with Crippen LogP contribution < -0.4 is 0 Å². The minimum atomic E-state index is 0.171. The summed E-state index contributed by atoms with van der Waals surface area (Å²) in [6.07, 6.45) is 4.06. The quantitative estimate of drug-likeness (QED) is 0.698. The molecule has 0 radical (unpaired) electrons. The molecule has 3 aliphatic heterocycles. The minimum Gasteiger partial charge on any atom is -0.280 e. The van der Waals surface area contributed by atoms with Crippen molar-refractivity contribution in [1.82, 2.24) is 4.90 Å². The number of nitrogens with zero attached hydrogens (tertiary/aromatic N) is 1. The lowest BCUT2D eigenvalue weighted by molar-refractivity contribution is 0.0764. The van der Waals surface area contributed by atoms with E-state index in [9.17, 15) is 0 Å². The van der Waals surface area contributed by atoms with Crippen molar-refractivity contribution in [1.29, 1.82) is 0 Å². The Morgan fingerprint density at radius 1 is 0.773 bits per heavy atom. The lowest BCUT2D eigenvalue weighted by Gasteiger charge is -2.53. The first kappa shape index (κ1) is 14.7. The summed E-state index contributed by atoms with van der Waals surface area (Å²) in [5, 5.41) is 0. The maximum atomic E-state index is 2.72. The van der Waals surface area contributed by atoms with Crippen molar-refractivity contribution in [2.45, 2.75) is 33.3 Å². The SMILES string of the molecule is c1ccc(SC2(Sc3ccccc3)CC3CCN2CC3)cc1. The summed E-state index contributed by atoms with van der Waals surface area (Å²) in [6, 6.07) is 21.8. The molecule has 0 atom stereocenters. The van der Waals surface area contributed by atoms with Crippen LogP contribution in [-0.4, -0.2) is 22.2 Å². The van der Waals surface area contributed by atoms with Crippen molar-refractivity contribution in [2.75, 3.05) is 13.1 Å². The molecule has 3 heteroatoms. The Bertz CT molecular complexity index is 564. The van der Waals surface area contributed by atoms with E-state index in [1.165, 1.54) is 42.1 Å². The van der Waals surface area contributed by atoms with Crippen LogP contribution in [0.3, 0.4) is 0 Å². The Balaban J connectivity index is 1.65. The van der Waals surface area contributed by atoms with Gasteiger partial charge in [-0.15, -0.1) is 0 Å². The zero-order chi connectivity index (χ0) is 14.8. The highest BCUT2D eigenvalue weighted by molar-refractivity contribution is 8.18. The van der Waals surface area contributed by atoms with Gasteiger partial charge in [0.1, 0.15) is 4.20 Å². The number of piperidine rings is 3. The molecule has 22 heavy (non-hydrogen) atoms. The fourth-order valence-electron chi connectivity index (χ4n) is 3.55. The largest absolute Gasteiger partial charge is 0.280 e. The van der Waals surface area contributed by atoms with Gasteiger partial charge in [-0.2, -0.15) is 0 Å². The van der Waals surface area contributed by atoms with Crippen molar-refractivity contribution < 1.29 is 0 Å². The van der Waals surface area contributed by atoms with Crippen molar-refractivity contribution in [3.63, 3.8) is 0 Å². The van der Waals surface area contributed by atoms with Crippen LogP contribution in [0, 0.1) is 5.92 Å². The van der Waals surface area contributed by atoms with Gasteiger partial charge in [0.2, 0.25) is 0 Å². The Morgan fingerprint density at radius 3 is 1.68 bits per heavy atom. The molecule has 0 N–H and O–H groups in total. The molecule has 5 rings (SSSR count). The second kappa shape index (κ2) is 6.31. The Hall–Kier alpha value is -0.900. The smallest absolute Gasteiger partial charge is 0.123 e. The standard InChI is InChI=1S/C19H21NS2/c1-3-7-17(8-4-1)21-19(22-18-9-5-2-6-10-18)15-16-11-13-20(19)14-12-16/h1-10,16H,11-15H2. The Labute approximate surface area is 141 Å². The fraction of sp³-hybridized carbons (Fsp3) is 0.368. The molecule has 0 spiro atoms. The third-order valence-electron chi connectivity index (χ3n) is 4.68. The minimum absolute atomic E-state index is 0.171. The first-order valence-corrected chi connectivity index (χ1v) is 9.71. The van der Waals surface area contributed by atoms with Crippen LogP contribution in [0.4, 0.5) is 0 Å². The van der Waals surface area contributed by atoms with Gasteiger partial charge in [-0.25, -0.2) is 0 Å². The molecule has 3 heterocycles. The summed E-state index contributed by atoms with van der Waals surface area (Å²) in [5.74, 6) is 0.900. The molecule has 1 nitrogen and oxygen atoms in total. The molecule has 0 aliphatic carbocycles. The van der Waals surface area contributed by atoms with Crippen LogP contribution in [0.2, 0.25) is 0 Å². The van der Waals surface area contributed by atoms with E-state index in [1.54, 1.807) is 0 Å². The van der Waals surface area contributed by atoms with Crippen molar-refractivity contribution in [2.24, 2.45) is 5.92 Å². The number of benzene rings is 2. The van der Waals surface area contributed by atoms with Gasteiger partial charge in [0, 0.05) is 22.9 Å². The number of hydrogen-bond donors (Lipinski definition) is 0. The molecular weight excluding hydrogens is 306 g/mol. The number of rotatable bonds is 4. The first-order valence-electron chi connectivity index (χ1n) is 8.07. The molecule has 0 amide bonds. The van der Waals surface area contributed by atoms with Crippen LogP contribution in [0.5, 0.6) is 0 Å². The van der Waals surface area contributed by atoms with E-state index in [1.807, 2.05) is 0 Å². The van der Waals surface area contributed by atoms with Gasteiger partial charge in [-0.3, -0.25) is 4.90 Å². The molecular formula is C19H21NS2. The molecule has 0 unspecified atom stereocenters. The molecule has 114 valence electrons. The maximum Gasteiger partial charge on any atom is 0.123 e. The van der Waals surface area contributed by atoms with Gasteiger partial charge in [0.15, 0.2) is 0 Å². The lowest BCUT2D eigenvalue weighted by atomic mass is 9.88. The van der Waals surface area contributed by atoms with E-state index in [0.717, 1.165) is 5.92 Å². The predicted octanol–water partition coefficient (Wildman–Crippen LogP) is 5.34. The van der Waals surface area contributed by atoms with Crippen LogP contribution in [-0.2, 0) is 0 Å². The van der Waals surface area contributed by atoms with E-state index in [4.69, 9.17) is 0 Å². The Morgan fingerprint density at radius 2 is 1.27 bits per heavy atom. The van der Waals surface area contributed by atoms with E-state index < -0.39 is 0 Å². The molecule has 0 saturated carbocycles. The third kappa shape index (κ3) is 2.94. The van der Waals surface area contributed by atoms with E-state index in [2.05, 4.69) is 89.1 Å². The second-order valence-electron chi connectivity index (χ2n) is 6.18. The van der Waals surface area contributed by atoms with Crippen LogP contribution >= 0.6 is 23.5 Å². The molecule has 3 aliphatic rings. The van der Waals surface area contributed by atoms with Gasteiger partial charge >= 0.3 is 0 Å². The first-order chi connectivity index (χ1) is 10.8. The van der Waals surface area contributed by atoms with Gasteiger partial charge in [-0.1, -0.05) is 59.9 Å². The highest BCUT2D eigenvalue weighted by Gasteiger charge is 2.47. The summed E-state index contributed by atoms with van der Waals surface area (Å²) in [6.45, 7) is 2.51. The molecule has 2 aromatic rings. The summed E-state index contributed by atoms with van der Waals surface area (Å²) < 4.78 is 0.171. The fourth-order valence-corrected chi connectivity index (χ4v) is 6.88. The second-order valence-corrected chi connectivity index (χ2v) is 9.14. The van der Waals surface area contributed by atoms with Crippen molar-refractivity contribution >= 4 is 23.5 Å². The van der Waals surface area contributed by atoms with E-state index in [-0.39, 0.29) is 4.20 Å². The lowest BCUT2D eigenvalue weighted by Crippen LogP contribution is -2.54. The number of hydrogen-bond acceptors (Lipinski definition) is 3. The molecule has 2 aromatic carbocycles. The van der Waals surface area contributed by atoms with E-state index in [0.29, 0.717) is 0 Å². The van der Waals surface area contributed by atoms with Crippen LogP contribution in [0.15, 0.2) is 70.5 Å². The number of fused-ring (bicyclic) bond motifs is 3. The molecule has 3 saturated heterocycles. The van der Waals surface area contributed by atoms with Gasteiger partial charge < -0.3 is 0 Å². The zero-order valence-corrected chi connectivity index (χ0v) is 14.3.